The smallest absolute Gasteiger partial charge is 0.467 e. The molecule has 1 rings (SSSR count). The lowest BCUT2D eigenvalue weighted by Gasteiger charge is -2.21. The van der Waals surface area contributed by atoms with Gasteiger partial charge in [0.05, 0.1) is 7.11 Å². The van der Waals surface area contributed by atoms with Crippen molar-refractivity contribution in [1.29, 1.82) is 0 Å². The number of carbonyl (C=O) groups is 2. The number of ether oxygens (including phenoxy) is 2. The van der Waals surface area contributed by atoms with Gasteiger partial charge in [-0.05, 0) is 30.2 Å². The Bertz CT molecular complexity index is 543. The highest BCUT2D eigenvalue weighted by Crippen LogP contribution is 2.22. The van der Waals surface area contributed by atoms with Crippen molar-refractivity contribution in [1.82, 2.24) is 5.32 Å². The number of alkyl halides is 3. The van der Waals surface area contributed by atoms with E-state index in [0.29, 0.717) is 6.42 Å². The topological polar surface area (TPSA) is 64.6 Å². The van der Waals surface area contributed by atoms with Crippen LogP contribution in [0.5, 0.6) is 5.75 Å². The molecule has 2 unspecified atom stereocenters. The summed E-state index contributed by atoms with van der Waals surface area (Å²) in [6, 6.07) is 3.59. The van der Waals surface area contributed by atoms with Gasteiger partial charge in [-0.25, -0.2) is 4.79 Å². The van der Waals surface area contributed by atoms with E-state index in [2.05, 4.69) is 14.8 Å². The summed E-state index contributed by atoms with van der Waals surface area (Å²) < 4.78 is 44.6. The van der Waals surface area contributed by atoms with Crippen molar-refractivity contribution < 1.29 is 32.2 Å². The molecular formula is C15H18F3NO4. The number of nitrogens with one attached hydrogen (secondary N) is 1. The second kappa shape index (κ2) is 7.85. The molecule has 1 aromatic rings. The molecule has 5 nitrogen and oxygen atoms in total. The zero-order valence-electron chi connectivity index (χ0n) is 12.9. The summed E-state index contributed by atoms with van der Waals surface area (Å²) in [6.07, 6.45) is -4.16. The van der Waals surface area contributed by atoms with Crippen LogP contribution in [0.1, 0.15) is 30.6 Å². The third-order valence-electron chi connectivity index (χ3n) is 3.30. The maximum atomic E-state index is 12.1. The van der Waals surface area contributed by atoms with Crippen LogP contribution in [0.3, 0.4) is 0 Å². The van der Waals surface area contributed by atoms with Gasteiger partial charge in [-0.15, -0.1) is 13.2 Å². The molecular weight excluding hydrogens is 315 g/mol. The van der Waals surface area contributed by atoms with Gasteiger partial charge >= 0.3 is 12.3 Å². The zero-order valence-corrected chi connectivity index (χ0v) is 12.9. The molecule has 0 aliphatic heterocycles. The van der Waals surface area contributed by atoms with Gasteiger partial charge in [0.15, 0.2) is 0 Å². The number of hydrogen-bond acceptors (Lipinski definition) is 4. The molecule has 0 aromatic heterocycles. The molecule has 1 N–H and O–H groups in total. The minimum Gasteiger partial charge on any atom is -0.467 e. The molecule has 0 aliphatic rings. The van der Waals surface area contributed by atoms with Gasteiger partial charge < -0.3 is 14.8 Å². The van der Waals surface area contributed by atoms with E-state index in [-0.39, 0.29) is 11.5 Å². The Morgan fingerprint density at radius 1 is 1.22 bits per heavy atom. The van der Waals surface area contributed by atoms with E-state index >= 15 is 0 Å². The van der Waals surface area contributed by atoms with Crippen molar-refractivity contribution >= 4 is 11.9 Å². The first kappa shape index (κ1) is 18.8. The number of halogens is 3. The Labute approximate surface area is 131 Å². The fourth-order valence-electron chi connectivity index (χ4n) is 1.83. The maximum Gasteiger partial charge on any atom is 0.573 e. The largest absolute Gasteiger partial charge is 0.573 e. The van der Waals surface area contributed by atoms with Crippen LogP contribution in [0.4, 0.5) is 13.2 Å². The minimum absolute atomic E-state index is 0.108. The Hall–Kier alpha value is -2.25. The van der Waals surface area contributed by atoms with Crippen LogP contribution >= 0.6 is 0 Å². The molecule has 0 spiro atoms. The quantitative estimate of drug-likeness (QED) is 0.813. The van der Waals surface area contributed by atoms with E-state index in [9.17, 15) is 22.8 Å². The predicted molar refractivity (Wildman–Crippen MR) is 75.9 cm³/mol. The van der Waals surface area contributed by atoms with Gasteiger partial charge in [0.1, 0.15) is 11.8 Å². The molecule has 8 heteroatoms. The van der Waals surface area contributed by atoms with E-state index in [1.165, 1.54) is 19.2 Å². The first-order valence-corrected chi connectivity index (χ1v) is 6.92. The summed E-state index contributed by atoms with van der Waals surface area (Å²) in [7, 11) is 1.22. The zero-order chi connectivity index (χ0) is 17.6. The van der Waals surface area contributed by atoms with Crippen molar-refractivity contribution in [3.63, 3.8) is 0 Å². The van der Waals surface area contributed by atoms with Gasteiger partial charge in [-0.3, -0.25) is 4.79 Å². The maximum absolute atomic E-state index is 12.1. The van der Waals surface area contributed by atoms with Gasteiger partial charge in [-0.2, -0.15) is 0 Å². The lowest BCUT2D eigenvalue weighted by atomic mass is 9.99. The number of methoxy groups -OCH3 is 1. The lowest BCUT2D eigenvalue weighted by Crippen LogP contribution is -2.45. The van der Waals surface area contributed by atoms with E-state index in [4.69, 9.17) is 0 Å². The number of amides is 1. The number of rotatable bonds is 6. The van der Waals surface area contributed by atoms with Crippen molar-refractivity contribution in [3.8, 4) is 5.75 Å². The predicted octanol–water partition coefficient (Wildman–Crippen LogP) is 2.90. The van der Waals surface area contributed by atoms with Gasteiger partial charge in [0, 0.05) is 5.56 Å². The highest BCUT2D eigenvalue weighted by Gasteiger charge is 2.31. The highest BCUT2D eigenvalue weighted by atomic mass is 19.4. The lowest BCUT2D eigenvalue weighted by molar-refractivity contribution is -0.274. The Balaban J connectivity index is 2.82. The molecule has 0 heterocycles. The third kappa shape index (κ3) is 5.80. The third-order valence-corrected chi connectivity index (χ3v) is 3.30. The number of carbonyl (C=O) groups excluding carboxylic acids is 2. The Morgan fingerprint density at radius 3 is 2.22 bits per heavy atom. The molecule has 0 saturated heterocycles. The van der Waals surface area contributed by atoms with Crippen LogP contribution in [0.2, 0.25) is 0 Å². The SMILES string of the molecule is CCC(C)C(NC(=O)c1ccc(OC(F)(F)F)cc1)C(=O)OC. The monoisotopic (exact) mass is 333 g/mol. The molecule has 1 amide bonds. The summed E-state index contributed by atoms with van der Waals surface area (Å²) in [5.41, 5.74) is 0.108. The van der Waals surface area contributed by atoms with Crippen molar-refractivity contribution in [3.05, 3.63) is 29.8 Å². The average molecular weight is 333 g/mol. The van der Waals surface area contributed by atoms with Crippen molar-refractivity contribution in [2.45, 2.75) is 32.7 Å². The van der Waals surface area contributed by atoms with Crippen molar-refractivity contribution in [2.24, 2.45) is 5.92 Å². The molecule has 1 aromatic carbocycles. The van der Waals surface area contributed by atoms with Crippen LogP contribution in [0, 0.1) is 5.92 Å². The molecule has 0 saturated carbocycles. The normalized spacial score (nSPS) is 13.8. The van der Waals surface area contributed by atoms with Crippen molar-refractivity contribution in [2.75, 3.05) is 7.11 Å². The molecule has 23 heavy (non-hydrogen) atoms. The molecule has 0 fully saturated rings. The summed E-state index contributed by atoms with van der Waals surface area (Å²) in [6.45, 7) is 3.64. The highest BCUT2D eigenvalue weighted by molar-refractivity contribution is 5.96. The van der Waals surface area contributed by atoms with E-state index in [1.807, 2.05) is 6.92 Å². The molecule has 2 atom stereocenters. The average Bonchev–Trinajstić information content (AvgIpc) is 2.50. The first-order chi connectivity index (χ1) is 10.7. The van der Waals surface area contributed by atoms with E-state index in [0.717, 1.165) is 12.1 Å². The second-order valence-electron chi connectivity index (χ2n) is 4.93. The summed E-state index contributed by atoms with van der Waals surface area (Å²) in [5.74, 6) is -1.75. The van der Waals surface area contributed by atoms with Crippen LogP contribution in [-0.2, 0) is 9.53 Å². The standard InChI is InChI=1S/C15H18F3NO4/c1-4-9(2)12(14(21)22-3)19-13(20)10-5-7-11(8-6-10)23-15(16,17)18/h5-9,12H,4H2,1-3H3,(H,19,20). The van der Waals surface area contributed by atoms with E-state index < -0.39 is 30.0 Å². The number of hydrogen-bond donors (Lipinski definition) is 1. The Morgan fingerprint density at radius 2 is 1.78 bits per heavy atom. The Kier molecular flexibility index (Phi) is 6.41. The molecule has 0 aliphatic carbocycles. The summed E-state index contributed by atoms with van der Waals surface area (Å²) >= 11 is 0. The minimum atomic E-state index is -4.80. The fourth-order valence-corrected chi connectivity index (χ4v) is 1.83. The molecule has 128 valence electrons. The second-order valence-corrected chi connectivity index (χ2v) is 4.93. The van der Waals surface area contributed by atoms with Crippen LogP contribution in [0.15, 0.2) is 24.3 Å². The van der Waals surface area contributed by atoms with E-state index in [1.54, 1.807) is 6.92 Å². The molecule has 0 bridgehead atoms. The van der Waals surface area contributed by atoms with Gasteiger partial charge in [0.2, 0.25) is 0 Å². The van der Waals surface area contributed by atoms with Gasteiger partial charge in [0.25, 0.3) is 5.91 Å². The van der Waals surface area contributed by atoms with Crippen LogP contribution in [0.25, 0.3) is 0 Å². The fraction of sp³-hybridized carbons (Fsp3) is 0.467. The van der Waals surface area contributed by atoms with Crippen LogP contribution in [-0.4, -0.2) is 31.4 Å². The first-order valence-electron chi connectivity index (χ1n) is 6.92. The number of benzene rings is 1. The van der Waals surface area contributed by atoms with Gasteiger partial charge in [-0.1, -0.05) is 20.3 Å². The number of esters is 1. The molecule has 0 radical (unpaired) electrons. The summed E-state index contributed by atoms with van der Waals surface area (Å²) in [5, 5.41) is 2.53. The van der Waals surface area contributed by atoms with Crippen LogP contribution < -0.4 is 10.1 Å². The summed E-state index contributed by atoms with van der Waals surface area (Å²) in [4.78, 5) is 23.8.